The second-order valence-corrected chi connectivity index (χ2v) is 8.21. The van der Waals surface area contributed by atoms with Crippen molar-refractivity contribution in [2.75, 3.05) is 11.1 Å². The molecule has 2 amide bonds. The Labute approximate surface area is 174 Å². The van der Waals surface area contributed by atoms with Gasteiger partial charge in [-0.15, -0.1) is 0 Å². The molecule has 0 spiro atoms. The number of carbonyl (C=O) groups excluding carboxylic acids is 2. The van der Waals surface area contributed by atoms with Crippen LogP contribution in [0.2, 0.25) is 0 Å². The molecular weight excluding hydrogens is 438 g/mol. The second-order valence-electron chi connectivity index (χ2n) is 7.39. The van der Waals surface area contributed by atoms with Gasteiger partial charge in [0.25, 0.3) is 0 Å². The lowest BCUT2D eigenvalue weighted by Crippen LogP contribution is -2.46. The highest BCUT2D eigenvalue weighted by Gasteiger charge is 2.55. The number of rotatable bonds is 4. The van der Waals surface area contributed by atoms with E-state index in [1.807, 2.05) is 6.07 Å². The average Bonchev–Trinajstić information content (AvgIpc) is 3.15. The highest BCUT2D eigenvalue weighted by molar-refractivity contribution is 9.10. The molecule has 2 aliphatic rings. The van der Waals surface area contributed by atoms with Gasteiger partial charge < -0.3 is 16.0 Å². The van der Waals surface area contributed by atoms with Crippen LogP contribution in [0.1, 0.15) is 18.5 Å². The van der Waals surface area contributed by atoms with E-state index in [1.54, 1.807) is 33.7 Å². The van der Waals surface area contributed by atoms with Gasteiger partial charge in [-0.05, 0) is 59.0 Å². The molecule has 1 saturated carbocycles. The van der Waals surface area contributed by atoms with Crippen LogP contribution < -0.4 is 11.1 Å². The molecule has 2 fully saturated rings. The molecular formula is C19H18BrN7O2. The summed E-state index contributed by atoms with van der Waals surface area (Å²) in [7, 11) is 0. The number of piperidine rings is 1. The molecule has 1 saturated heterocycles. The van der Waals surface area contributed by atoms with Gasteiger partial charge in [0.1, 0.15) is 28.3 Å². The normalized spacial score (nSPS) is 22.5. The number of hydrogen-bond acceptors (Lipinski definition) is 6. The van der Waals surface area contributed by atoms with Crippen molar-refractivity contribution in [3.8, 4) is 0 Å². The lowest BCUT2D eigenvalue weighted by Gasteiger charge is -2.26. The molecule has 3 aromatic rings. The van der Waals surface area contributed by atoms with E-state index in [4.69, 9.17) is 5.73 Å². The zero-order valence-corrected chi connectivity index (χ0v) is 16.9. The van der Waals surface area contributed by atoms with Gasteiger partial charge in [0.15, 0.2) is 5.82 Å². The third-order valence-corrected chi connectivity index (χ3v) is 6.00. The number of fused-ring (bicyclic) bond motifs is 2. The fraction of sp³-hybridized carbons (Fsp3) is 0.316. The number of halogens is 1. The number of nitrogens with two attached hydrogens (primary N) is 1. The molecule has 0 bridgehead atoms. The van der Waals surface area contributed by atoms with Crippen LogP contribution in [0.3, 0.4) is 0 Å². The van der Waals surface area contributed by atoms with Crippen LogP contribution in [-0.2, 0) is 16.0 Å². The van der Waals surface area contributed by atoms with Crippen molar-refractivity contribution in [1.29, 1.82) is 0 Å². The van der Waals surface area contributed by atoms with Crippen molar-refractivity contribution in [3.63, 3.8) is 0 Å². The van der Waals surface area contributed by atoms with Crippen LogP contribution in [0.4, 0.5) is 11.6 Å². The SMILES string of the molecule is Nc1ncnn2c(CC(=O)N3[C@@H]4CC4C[C@H]3C(=O)Nc3cccc(Br)n3)ccc12. The number of nitrogens with one attached hydrogen (secondary N) is 1. The summed E-state index contributed by atoms with van der Waals surface area (Å²) in [5.74, 6) is 0.924. The number of nitrogen functional groups attached to an aromatic ring is 1. The van der Waals surface area contributed by atoms with Crippen molar-refractivity contribution < 1.29 is 9.59 Å². The third kappa shape index (κ3) is 3.23. The number of pyridine rings is 1. The Hall–Kier alpha value is -3.01. The van der Waals surface area contributed by atoms with Crippen molar-refractivity contribution >= 4 is 44.9 Å². The predicted octanol–water partition coefficient (Wildman–Crippen LogP) is 1.64. The maximum Gasteiger partial charge on any atom is 0.248 e. The maximum absolute atomic E-state index is 13.1. The minimum absolute atomic E-state index is 0.0884. The van der Waals surface area contributed by atoms with Crippen molar-refractivity contribution in [3.05, 3.63) is 47.0 Å². The van der Waals surface area contributed by atoms with Gasteiger partial charge in [0.05, 0.1) is 12.1 Å². The summed E-state index contributed by atoms with van der Waals surface area (Å²) in [5.41, 5.74) is 7.25. The summed E-state index contributed by atoms with van der Waals surface area (Å²) < 4.78 is 2.26. The van der Waals surface area contributed by atoms with Crippen LogP contribution >= 0.6 is 15.9 Å². The first kappa shape index (κ1) is 18.0. The molecule has 29 heavy (non-hydrogen) atoms. The van der Waals surface area contributed by atoms with E-state index in [1.165, 1.54) is 6.33 Å². The fourth-order valence-corrected chi connectivity index (χ4v) is 4.47. The van der Waals surface area contributed by atoms with Gasteiger partial charge in [0, 0.05) is 6.04 Å². The molecule has 5 rings (SSSR count). The lowest BCUT2D eigenvalue weighted by atomic mass is 10.1. The van der Waals surface area contributed by atoms with E-state index in [2.05, 4.69) is 36.3 Å². The zero-order chi connectivity index (χ0) is 20.1. The monoisotopic (exact) mass is 455 g/mol. The average molecular weight is 456 g/mol. The number of amides is 2. The number of likely N-dealkylation sites (tertiary alicyclic amines) is 1. The zero-order valence-electron chi connectivity index (χ0n) is 15.3. The largest absolute Gasteiger partial charge is 0.382 e. The Balaban J connectivity index is 1.35. The van der Waals surface area contributed by atoms with Crippen molar-refractivity contribution in [1.82, 2.24) is 24.5 Å². The highest BCUT2D eigenvalue weighted by Crippen LogP contribution is 2.48. The minimum atomic E-state index is -0.488. The summed E-state index contributed by atoms with van der Waals surface area (Å²) in [4.78, 5) is 35.9. The van der Waals surface area contributed by atoms with Crippen LogP contribution in [0.15, 0.2) is 41.3 Å². The molecule has 9 nitrogen and oxygen atoms in total. The fourth-order valence-electron chi connectivity index (χ4n) is 4.12. The number of hydrogen-bond donors (Lipinski definition) is 2. The maximum atomic E-state index is 13.1. The Bertz CT molecular complexity index is 1130. The molecule has 3 aromatic heterocycles. The standard InChI is InChI=1S/C19H18BrN7O2/c20-15-2-1-3-16(24-15)25-19(29)14-7-10-6-13(10)26(14)17(28)8-11-4-5-12-18(21)22-9-23-27(11)12/h1-5,9-10,13-14H,6-8H2,(H2,21,22,23)(H,24,25,29)/t10?,13-,14+/m1/s1. The van der Waals surface area contributed by atoms with Gasteiger partial charge in [-0.3, -0.25) is 9.59 Å². The van der Waals surface area contributed by atoms with E-state index in [0.29, 0.717) is 34.1 Å². The van der Waals surface area contributed by atoms with Crippen molar-refractivity contribution in [2.45, 2.75) is 31.3 Å². The summed E-state index contributed by atoms with van der Waals surface area (Å²) >= 11 is 3.30. The van der Waals surface area contributed by atoms with Gasteiger partial charge in [-0.25, -0.2) is 14.5 Å². The van der Waals surface area contributed by atoms with Crippen LogP contribution in [-0.4, -0.2) is 48.4 Å². The number of carbonyl (C=O) groups is 2. The summed E-state index contributed by atoms with van der Waals surface area (Å²) in [6.45, 7) is 0. The van der Waals surface area contributed by atoms with Crippen molar-refractivity contribution in [2.24, 2.45) is 5.92 Å². The van der Waals surface area contributed by atoms with E-state index < -0.39 is 6.04 Å². The Kier molecular flexibility index (Phi) is 4.23. The Morgan fingerprint density at radius 2 is 2.10 bits per heavy atom. The number of anilines is 2. The van der Waals surface area contributed by atoms with Gasteiger partial charge in [-0.2, -0.15) is 5.10 Å². The lowest BCUT2D eigenvalue weighted by molar-refractivity contribution is -0.137. The summed E-state index contributed by atoms with van der Waals surface area (Å²) in [6, 6.07) is 8.57. The Morgan fingerprint density at radius 1 is 1.24 bits per heavy atom. The topological polar surface area (TPSA) is 119 Å². The molecule has 3 atom stereocenters. The number of aromatic nitrogens is 4. The van der Waals surface area contributed by atoms with Gasteiger partial charge in [-0.1, -0.05) is 6.07 Å². The molecule has 1 aliphatic carbocycles. The van der Waals surface area contributed by atoms with Crippen LogP contribution in [0, 0.1) is 5.92 Å². The molecule has 0 aromatic carbocycles. The molecule has 3 N–H and O–H groups in total. The third-order valence-electron chi connectivity index (χ3n) is 5.55. The minimum Gasteiger partial charge on any atom is -0.382 e. The molecule has 1 unspecified atom stereocenters. The first-order chi connectivity index (χ1) is 14.0. The molecule has 4 heterocycles. The van der Waals surface area contributed by atoms with Gasteiger partial charge >= 0.3 is 0 Å². The van der Waals surface area contributed by atoms with Crippen LogP contribution in [0.5, 0.6) is 0 Å². The second kappa shape index (κ2) is 6.80. The first-order valence-corrected chi connectivity index (χ1v) is 10.1. The van der Waals surface area contributed by atoms with E-state index >= 15 is 0 Å². The van der Waals surface area contributed by atoms with Gasteiger partial charge in [0.2, 0.25) is 11.8 Å². The highest BCUT2D eigenvalue weighted by atomic mass is 79.9. The molecule has 10 heteroatoms. The summed E-state index contributed by atoms with van der Waals surface area (Å²) in [5, 5.41) is 7.02. The number of nitrogens with zero attached hydrogens (tertiary/aromatic N) is 5. The molecule has 0 radical (unpaired) electrons. The molecule has 148 valence electrons. The smallest absolute Gasteiger partial charge is 0.248 e. The molecule has 1 aliphatic heterocycles. The van der Waals surface area contributed by atoms with Crippen LogP contribution in [0.25, 0.3) is 5.52 Å². The van der Waals surface area contributed by atoms with E-state index in [0.717, 1.165) is 12.1 Å². The Morgan fingerprint density at radius 3 is 2.93 bits per heavy atom. The van der Waals surface area contributed by atoms with E-state index in [-0.39, 0.29) is 24.3 Å². The predicted molar refractivity (Wildman–Crippen MR) is 109 cm³/mol. The summed E-state index contributed by atoms with van der Waals surface area (Å²) in [6.07, 6.45) is 3.14. The quantitative estimate of drug-likeness (QED) is 0.577. The first-order valence-electron chi connectivity index (χ1n) is 9.33. The van der Waals surface area contributed by atoms with E-state index in [9.17, 15) is 9.59 Å².